The summed E-state index contributed by atoms with van der Waals surface area (Å²) < 4.78 is 1.96. The topological polar surface area (TPSA) is 76.2 Å². The van der Waals surface area contributed by atoms with Crippen LogP contribution in [0.25, 0.3) is 0 Å². The van der Waals surface area contributed by atoms with Crippen molar-refractivity contribution in [2.24, 2.45) is 18.7 Å². The van der Waals surface area contributed by atoms with Gasteiger partial charge in [0.2, 0.25) is 5.91 Å². The average molecular weight is 293 g/mol. The monoisotopic (exact) mass is 293 g/mol. The van der Waals surface area contributed by atoms with E-state index in [-0.39, 0.29) is 11.8 Å². The number of primary amides is 1. The van der Waals surface area contributed by atoms with E-state index in [0.717, 1.165) is 51.1 Å². The summed E-state index contributed by atoms with van der Waals surface area (Å²) in [6.45, 7) is 7.82. The first-order chi connectivity index (χ1) is 10.0. The molecule has 0 atom stereocenters. The summed E-state index contributed by atoms with van der Waals surface area (Å²) >= 11 is 0. The summed E-state index contributed by atoms with van der Waals surface area (Å²) in [5.41, 5.74) is 7.76. The van der Waals surface area contributed by atoms with Crippen LogP contribution in [0.5, 0.6) is 0 Å². The fraction of sp³-hybridized carbons (Fsp3) is 0.733. The van der Waals surface area contributed by atoms with Crippen LogP contribution in [0.2, 0.25) is 0 Å². The van der Waals surface area contributed by atoms with Crippen molar-refractivity contribution < 1.29 is 4.79 Å². The van der Waals surface area contributed by atoms with Gasteiger partial charge in [-0.15, -0.1) is 0 Å². The van der Waals surface area contributed by atoms with Gasteiger partial charge in [-0.3, -0.25) is 9.48 Å². The summed E-state index contributed by atoms with van der Waals surface area (Å²) in [5.74, 6) is 1.04. The zero-order chi connectivity index (χ0) is 15.4. The highest BCUT2D eigenvalue weighted by Crippen LogP contribution is 2.27. The highest BCUT2D eigenvalue weighted by atomic mass is 16.1. The molecule has 3 N–H and O–H groups in total. The van der Waals surface area contributed by atoms with Gasteiger partial charge in [0, 0.05) is 38.2 Å². The van der Waals surface area contributed by atoms with Crippen molar-refractivity contribution in [3.63, 3.8) is 0 Å². The SMILES string of the molecule is CCCNCc1c(C)nn(C)c1N1CCC(C(N)=O)CC1. The number of aromatic nitrogens is 2. The minimum absolute atomic E-state index is 0.0252. The van der Waals surface area contributed by atoms with Crippen LogP contribution in [0.15, 0.2) is 0 Å². The third kappa shape index (κ3) is 3.56. The summed E-state index contributed by atoms with van der Waals surface area (Å²) in [7, 11) is 1.99. The molecule has 0 spiro atoms. The molecule has 6 nitrogen and oxygen atoms in total. The smallest absolute Gasteiger partial charge is 0.220 e. The molecule has 1 aliphatic rings. The molecule has 1 aromatic heterocycles. The van der Waals surface area contributed by atoms with Crippen molar-refractivity contribution >= 4 is 11.7 Å². The highest BCUT2D eigenvalue weighted by molar-refractivity contribution is 5.77. The van der Waals surface area contributed by atoms with Crippen molar-refractivity contribution in [1.82, 2.24) is 15.1 Å². The molecule has 2 heterocycles. The Bertz CT molecular complexity index is 488. The number of anilines is 1. The van der Waals surface area contributed by atoms with E-state index in [1.54, 1.807) is 0 Å². The lowest BCUT2D eigenvalue weighted by atomic mass is 9.96. The number of rotatable bonds is 6. The number of aryl methyl sites for hydroxylation is 2. The van der Waals surface area contributed by atoms with E-state index in [0.29, 0.717) is 0 Å². The Morgan fingerprint density at radius 3 is 2.67 bits per heavy atom. The Kier molecular flexibility index (Phi) is 5.22. The van der Waals surface area contributed by atoms with Crippen molar-refractivity contribution in [2.45, 2.75) is 39.7 Å². The number of nitrogens with zero attached hydrogens (tertiary/aromatic N) is 3. The van der Waals surface area contributed by atoms with E-state index < -0.39 is 0 Å². The van der Waals surface area contributed by atoms with E-state index in [9.17, 15) is 4.79 Å². The van der Waals surface area contributed by atoms with Gasteiger partial charge in [-0.1, -0.05) is 6.92 Å². The van der Waals surface area contributed by atoms with Crippen molar-refractivity contribution in [3.05, 3.63) is 11.3 Å². The molecular formula is C15H27N5O. The molecule has 6 heteroatoms. The van der Waals surface area contributed by atoms with Gasteiger partial charge in [0.25, 0.3) is 0 Å². The number of amides is 1. The maximum atomic E-state index is 11.3. The number of nitrogens with one attached hydrogen (secondary N) is 1. The van der Waals surface area contributed by atoms with Gasteiger partial charge in [0.15, 0.2) is 0 Å². The second-order valence-corrected chi connectivity index (χ2v) is 5.85. The first kappa shape index (κ1) is 15.8. The van der Waals surface area contributed by atoms with Gasteiger partial charge in [0.1, 0.15) is 5.82 Å². The van der Waals surface area contributed by atoms with Gasteiger partial charge >= 0.3 is 0 Å². The predicted octanol–water partition coefficient (Wildman–Crippen LogP) is 0.930. The van der Waals surface area contributed by atoms with Crippen molar-refractivity contribution in [2.75, 3.05) is 24.5 Å². The standard InChI is InChI=1S/C15H27N5O/c1-4-7-17-10-13-11(2)18-19(3)15(13)20-8-5-12(6-9-20)14(16)21/h12,17H,4-10H2,1-3H3,(H2,16,21). The molecule has 0 aliphatic carbocycles. The molecule has 0 saturated carbocycles. The molecule has 1 aromatic rings. The second kappa shape index (κ2) is 6.93. The maximum absolute atomic E-state index is 11.3. The number of carbonyl (C=O) groups excluding carboxylic acids is 1. The molecule has 0 radical (unpaired) electrons. The molecule has 1 fully saturated rings. The van der Waals surface area contributed by atoms with Crippen LogP contribution in [0.3, 0.4) is 0 Å². The maximum Gasteiger partial charge on any atom is 0.220 e. The Balaban J connectivity index is 2.10. The van der Waals surface area contributed by atoms with Crippen LogP contribution in [0.4, 0.5) is 5.82 Å². The quantitative estimate of drug-likeness (QED) is 0.765. The Hall–Kier alpha value is -1.56. The first-order valence-corrected chi connectivity index (χ1v) is 7.82. The van der Waals surface area contributed by atoms with Crippen molar-refractivity contribution in [3.8, 4) is 0 Å². The van der Waals surface area contributed by atoms with Crippen LogP contribution in [-0.2, 0) is 18.4 Å². The Labute approximate surface area is 126 Å². The Morgan fingerprint density at radius 1 is 1.43 bits per heavy atom. The molecule has 1 aliphatic heterocycles. The van der Waals surface area contributed by atoms with Gasteiger partial charge in [-0.2, -0.15) is 5.10 Å². The van der Waals surface area contributed by atoms with Crippen molar-refractivity contribution in [1.29, 1.82) is 0 Å². The first-order valence-electron chi connectivity index (χ1n) is 7.82. The lowest BCUT2D eigenvalue weighted by molar-refractivity contribution is -0.122. The molecule has 118 valence electrons. The second-order valence-electron chi connectivity index (χ2n) is 5.85. The molecular weight excluding hydrogens is 266 g/mol. The third-order valence-electron chi connectivity index (χ3n) is 4.24. The summed E-state index contributed by atoms with van der Waals surface area (Å²) in [4.78, 5) is 13.6. The van der Waals surface area contributed by atoms with Gasteiger partial charge in [-0.25, -0.2) is 0 Å². The number of carbonyl (C=O) groups is 1. The largest absolute Gasteiger partial charge is 0.369 e. The highest BCUT2D eigenvalue weighted by Gasteiger charge is 2.26. The van der Waals surface area contributed by atoms with Crippen LogP contribution < -0.4 is 16.0 Å². The lowest BCUT2D eigenvalue weighted by Gasteiger charge is -2.32. The summed E-state index contributed by atoms with van der Waals surface area (Å²) in [6.07, 6.45) is 2.79. The number of piperidine rings is 1. The van der Waals surface area contributed by atoms with Crippen LogP contribution in [-0.4, -0.2) is 35.3 Å². The number of hydrogen-bond acceptors (Lipinski definition) is 4. The van der Waals surface area contributed by atoms with Crippen LogP contribution in [0, 0.1) is 12.8 Å². The lowest BCUT2D eigenvalue weighted by Crippen LogP contribution is -2.39. The van der Waals surface area contributed by atoms with E-state index in [1.165, 1.54) is 11.4 Å². The molecule has 1 amide bonds. The number of nitrogens with two attached hydrogens (primary N) is 1. The minimum atomic E-state index is -0.166. The van der Waals surface area contributed by atoms with E-state index in [4.69, 9.17) is 5.73 Å². The predicted molar refractivity (Wildman–Crippen MR) is 84.1 cm³/mol. The molecule has 0 aromatic carbocycles. The van der Waals surface area contributed by atoms with Gasteiger partial charge in [0.05, 0.1) is 5.69 Å². The minimum Gasteiger partial charge on any atom is -0.369 e. The average Bonchev–Trinajstić information content (AvgIpc) is 2.74. The van der Waals surface area contributed by atoms with E-state index in [1.807, 2.05) is 11.7 Å². The van der Waals surface area contributed by atoms with Gasteiger partial charge in [-0.05, 0) is 32.7 Å². The van der Waals surface area contributed by atoms with Crippen LogP contribution >= 0.6 is 0 Å². The van der Waals surface area contributed by atoms with E-state index >= 15 is 0 Å². The van der Waals surface area contributed by atoms with Crippen LogP contribution in [0.1, 0.15) is 37.4 Å². The summed E-state index contributed by atoms with van der Waals surface area (Å²) in [6, 6.07) is 0. The Morgan fingerprint density at radius 2 is 2.10 bits per heavy atom. The molecule has 0 bridgehead atoms. The zero-order valence-electron chi connectivity index (χ0n) is 13.4. The molecule has 21 heavy (non-hydrogen) atoms. The third-order valence-corrected chi connectivity index (χ3v) is 4.24. The van der Waals surface area contributed by atoms with Gasteiger partial charge < -0.3 is 16.0 Å². The fourth-order valence-corrected chi connectivity index (χ4v) is 3.06. The molecule has 2 rings (SSSR count). The fourth-order valence-electron chi connectivity index (χ4n) is 3.06. The summed E-state index contributed by atoms with van der Waals surface area (Å²) in [5, 5.41) is 8.02. The molecule has 1 saturated heterocycles. The normalized spacial score (nSPS) is 16.4. The molecule has 0 unspecified atom stereocenters. The van der Waals surface area contributed by atoms with E-state index in [2.05, 4.69) is 29.2 Å². The number of hydrogen-bond donors (Lipinski definition) is 2. The zero-order valence-corrected chi connectivity index (χ0v) is 13.4.